The number of aliphatic carboxylic acids is 1. The molecule has 0 atom stereocenters. The number of hydrogen-bond donors (Lipinski definition) is 1. The van der Waals surface area contributed by atoms with Crippen molar-refractivity contribution in [3.63, 3.8) is 0 Å². The summed E-state index contributed by atoms with van der Waals surface area (Å²) in [6.45, 7) is 0.225. The first-order chi connectivity index (χ1) is 9.54. The molecule has 0 fully saturated rings. The lowest BCUT2D eigenvalue weighted by molar-refractivity contribution is -0.385. The highest BCUT2D eigenvalue weighted by molar-refractivity contribution is 5.72. The maximum absolute atomic E-state index is 10.9. The fourth-order valence-electron chi connectivity index (χ4n) is 1.44. The Kier molecular flexibility index (Phi) is 5.56. The summed E-state index contributed by atoms with van der Waals surface area (Å²) in [5.74, 6) is 4.27. The molecule has 0 unspecified atom stereocenters. The molecular formula is C12H10N4O4. The summed E-state index contributed by atoms with van der Waals surface area (Å²) in [5, 5.41) is 22.9. The quantitative estimate of drug-likeness (QED) is 0.168. The van der Waals surface area contributed by atoms with Crippen molar-refractivity contribution in [2.24, 2.45) is 5.11 Å². The number of benzene rings is 1. The second-order valence-electron chi connectivity index (χ2n) is 3.68. The van der Waals surface area contributed by atoms with E-state index in [0.717, 1.165) is 0 Å². The minimum absolute atomic E-state index is 0.127. The van der Waals surface area contributed by atoms with Gasteiger partial charge in [0.25, 0.3) is 5.69 Å². The molecule has 0 heterocycles. The van der Waals surface area contributed by atoms with Crippen molar-refractivity contribution in [1.82, 2.24) is 0 Å². The zero-order valence-electron chi connectivity index (χ0n) is 10.3. The topological polar surface area (TPSA) is 129 Å². The third kappa shape index (κ3) is 4.68. The minimum atomic E-state index is -1.14. The lowest BCUT2D eigenvalue weighted by atomic mass is 10.1. The molecular weight excluding hydrogens is 264 g/mol. The van der Waals surface area contributed by atoms with Gasteiger partial charge >= 0.3 is 5.97 Å². The summed E-state index contributed by atoms with van der Waals surface area (Å²) < 4.78 is 0. The molecule has 8 heteroatoms. The van der Waals surface area contributed by atoms with Gasteiger partial charge in [-0.15, -0.1) is 0 Å². The molecule has 0 spiro atoms. The third-order valence-electron chi connectivity index (χ3n) is 2.26. The van der Waals surface area contributed by atoms with Crippen LogP contribution in [0.5, 0.6) is 0 Å². The van der Waals surface area contributed by atoms with Gasteiger partial charge in [0.05, 0.1) is 11.3 Å². The van der Waals surface area contributed by atoms with Crippen LogP contribution in [-0.4, -0.2) is 22.5 Å². The first-order valence-corrected chi connectivity index (χ1v) is 5.53. The first kappa shape index (κ1) is 15.0. The molecule has 0 aliphatic rings. The molecule has 1 aromatic carbocycles. The molecule has 1 N–H and O–H groups in total. The second-order valence-corrected chi connectivity index (χ2v) is 3.68. The molecule has 0 bridgehead atoms. The van der Waals surface area contributed by atoms with E-state index in [0.29, 0.717) is 12.0 Å². The number of carbonyl (C=O) groups is 1. The van der Waals surface area contributed by atoms with Crippen molar-refractivity contribution in [3.05, 3.63) is 49.9 Å². The average Bonchev–Trinajstić information content (AvgIpc) is 2.39. The Morgan fingerprint density at radius 1 is 1.55 bits per heavy atom. The minimum Gasteiger partial charge on any atom is -0.481 e. The highest BCUT2D eigenvalue weighted by atomic mass is 16.6. The Labute approximate surface area is 113 Å². The molecule has 20 heavy (non-hydrogen) atoms. The Bertz CT molecular complexity index is 639. The van der Waals surface area contributed by atoms with Gasteiger partial charge < -0.3 is 5.11 Å². The highest BCUT2D eigenvalue weighted by Crippen LogP contribution is 2.20. The van der Waals surface area contributed by atoms with E-state index in [4.69, 9.17) is 10.6 Å². The molecule has 0 aliphatic carbocycles. The molecule has 102 valence electrons. The van der Waals surface area contributed by atoms with E-state index in [9.17, 15) is 14.9 Å². The Morgan fingerprint density at radius 2 is 2.30 bits per heavy atom. The van der Waals surface area contributed by atoms with Gasteiger partial charge in [-0.1, -0.05) is 23.0 Å². The highest BCUT2D eigenvalue weighted by Gasteiger charge is 2.16. The van der Waals surface area contributed by atoms with Crippen molar-refractivity contribution in [3.8, 4) is 11.8 Å². The third-order valence-corrected chi connectivity index (χ3v) is 2.26. The van der Waals surface area contributed by atoms with Gasteiger partial charge in [0.1, 0.15) is 0 Å². The normalized spacial score (nSPS) is 9.00. The lowest BCUT2D eigenvalue weighted by Crippen LogP contribution is -2.04. The van der Waals surface area contributed by atoms with Gasteiger partial charge in [-0.05, 0) is 11.6 Å². The van der Waals surface area contributed by atoms with Gasteiger partial charge in [-0.3, -0.25) is 14.9 Å². The maximum Gasteiger partial charge on any atom is 0.308 e. The molecule has 0 aliphatic heterocycles. The number of azide groups is 1. The van der Waals surface area contributed by atoms with Crippen molar-refractivity contribution in [1.29, 1.82) is 0 Å². The molecule has 0 radical (unpaired) electrons. The van der Waals surface area contributed by atoms with Crippen LogP contribution in [0.25, 0.3) is 10.4 Å². The summed E-state index contributed by atoms with van der Waals surface area (Å²) in [7, 11) is 0. The van der Waals surface area contributed by atoms with E-state index in [2.05, 4.69) is 21.9 Å². The van der Waals surface area contributed by atoms with Crippen molar-refractivity contribution >= 4 is 11.7 Å². The molecule has 1 aromatic rings. The fraction of sp³-hybridized carbons (Fsp3) is 0.250. The molecule has 8 nitrogen and oxygen atoms in total. The standard InChI is InChI=1S/C12H10N4O4/c13-15-14-6-2-1-3-9-4-5-10(8-12(17)18)11(7-9)16(19)20/h4-5,7H,2,6,8H2,(H,17,18). The van der Waals surface area contributed by atoms with Crippen molar-refractivity contribution < 1.29 is 14.8 Å². The van der Waals surface area contributed by atoms with Gasteiger partial charge in [-0.25, -0.2) is 0 Å². The van der Waals surface area contributed by atoms with E-state index < -0.39 is 17.3 Å². The van der Waals surface area contributed by atoms with Crippen LogP contribution < -0.4 is 0 Å². The predicted octanol–water partition coefficient (Wildman–Crippen LogP) is 2.27. The van der Waals surface area contributed by atoms with E-state index in [1.807, 2.05) is 0 Å². The van der Waals surface area contributed by atoms with Crippen LogP contribution in [0.4, 0.5) is 5.69 Å². The summed E-state index contributed by atoms with van der Waals surface area (Å²) in [5.41, 5.74) is 8.34. The van der Waals surface area contributed by atoms with Gasteiger partial charge in [-0.2, -0.15) is 0 Å². The van der Waals surface area contributed by atoms with Crippen LogP contribution in [0.2, 0.25) is 0 Å². The molecule has 1 rings (SSSR count). The van der Waals surface area contributed by atoms with Crippen LogP contribution >= 0.6 is 0 Å². The number of nitro benzene ring substituents is 1. The monoisotopic (exact) mass is 274 g/mol. The average molecular weight is 274 g/mol. The van der Waals surface area contributed by atoms with Crippen LogP contribution in [-0.2, 0) is 11.2 Å². The number of carboxylic acid groups (broad SMARTS) is 1. The van der Waals surface area contributed by atoms with Crippen molar-refractivity contribution in [2.75, 3.05) is 6.54 Å². The van der Waals surface area contributed by atoms with Gasteiger partial charge in [0, 0.05) is 35.1 Å². The first-order valence-electron chi connectivity index (χ1n) is 5.53. The summed E-state index contributed by atoms with van der Waals surface area (Å²) >= 11 is 0. The zero-order chi connectivity index (χ0) is 15.0. The van der Waals surface area contributed by atoms with E-state index in [1.165, 1.54) is 18.2 Å². The number of hydrogen-bond acceptors (Lipinski definition) is 4. The van der Waals surface area contributed by atoms with Crippen molar-refractivity contribution in [2.45, 2.75) is 12.8 Å². The number of rotatable bonds is 5. The predicted molar refractivity (Wildman–Crippen MR) is 69.9 cm³/mol. The number of nitro groups is 1. The summed E-state index contributed by atoms with van der Waals surface area (Å²) in [6.07, 6.45) is -0.0738. The van der Waals surface area contributed by atoms with Crippen LogP contribution in [0.3, 0.4) is 0 Å². The molecule has 0 amide bonds. The zero-order valence-corrected chi connectivity index (χ0v) is 10.3. The molecule has 0 saturated carbocycles. The number of nitrogens with zero attached hydrogens (tertiary/aromatic N) is 4. The van der Waals surface area contributed by atoms with Gasteiger partial charge in [0.15, 0.2) is 0 Å². The largest absolute Gasteiger partial charge is 0.481 e. The van der Waals surface area contributed by atoms with Crippen LogP contribution in [0.1, 0.15) is 17.5 Å². The maximum atomic E-state index is 10.9. The van der Waals surface area contributed by atoms with E-state index in [-0.39, 0.29) is 17.8 Å². The fourth-order valence-corrected chi connectivity index (χ4v) is 1.44. The number of carboxylic acids is 1. The Hall–Kier alpha value is -3.04. The smallest absolute Gasteiger partial charge is 0.308 e. The SMILES string of the molecule is [N-]=[N+]=NCCC#Cc1ccc(CC(=O)O)c([N+](=O)[O-])c1. The lowest BCUT2D eigenvalue weighted by Gasteiger charge is -2.00. The van der Waals surface area contributed by atoms with Crippen LogP contribution in [0.15, 0.2) is 23.3 Å². The van der Waals surface area contributed by atoms with Crippen LogP contribution in [0, 0.1) is 22.0 Å². The van der Waals surface area contributed by atoms with Gasteiger partial charge in [0.2, 0.25) is 0 Å². The van der Waals surface area contributed by atoms with E-state index >= 15 is 0 Å². The van der Waals surface area contributed by atoms with E-state index in [1.54, 1.807) is 0 Å². The molecule has 0 saturated heterocycles. The molecule has 0 aromatic heterocycles. The second kappa shape index (κ2) is 7.41. The Balaban J connectivity index is 2.95. The summed E-state index contributed by atoms with van der Waals surface area (Å²) in [6, 6.07) is 4.13. The summed E-state index contributed by atoms with van der Waals surface area (Å²) in [4.78, 5) is 23.4. The Morgan fingerprint density at radius 3 is 2.90 bits per heavy atom.